The maximum Gasteiger partial charge on any atom is 0.301 e. The number of aliphatic imine (C=N–C) groups is 1. The minimum Gasteiger partial charge on any atom is -0.330 e. The maximum absolute atomic E-state index is 11.6. The number of fused-ring (bicyclic) bond motifs is 1. The van der Waals surface area contributed by atoms with Crippen LogP contribution in [-0.2, 0) is 6.42 Å². The second-order valence-corrected chi connectivity index (χ2v) is 8.58. The number of nitrogens with one attached hydrogen (secondary N) is 2. The molecule has 1 aliphatic heterocycles. The number of aryl methyl sites for hydroxylation is 1. The Bertz CT molecular complexity index is 830. The monoisotopic (exact) mass is 398 g/mol. The molecule has 1 unspecified atom stereocenters. The molecule has 6 N–H and O–H groups in total. The van der Waals surface area contributed by atoms with E-state index >= 15 is 0 Å². The molecule has 0 amide bonds. The van der Waals surface area contributed by atoms with Crippen LogP contribution in [-0.4, -0.2) is 23.1 Å². The number of guanidine groups is 1. The van der Waals surface area contributed by atoms with Crippen LogP contribution in [0.3, 0.4) is 0 Å². The first-order valence-electron chi connectivity index (χ1n) is 10.5. The molecule has 0 saturated heterocycles. The van der Waals surface area contributed by atoms with Gasteiger partial charge in [-0.25, -0.2) is 4.99 Å². The van der Waals surface area contributed by atoms with Gasteiger partial charge in [0.15, 0.2) is 11.6 Å². The van der Waals surface area contributed by atoms with E-state index in [4.69, 9.17) is 16.5 Å². The third kappa shape index (κ3) is 4.13. The topological polar surface area (TPSA) is 132 Å². The first kappa shape index (κ1) is 19.8. The fraction of sp³-hybridized carbons (Fsp3) is 0.571. The Balaban J connectivity index is 1.52. The molecule has 0 aromatic heterocycles. The lowest BCUT2D eigenvalue weighted by Gasteiger charge is -2.37. The SMILES string of the molecule is NCC1CCC(CC2(N)NC(=N[C@@H]3CCc4ccccc43)NC=C2[N+](=O)[O-])CC1. The largest absolute Gasteiger partial charge is 0.330 e. The van der Waals surface area contributed by atoms with Crippen LogP contribution in [0, 0.1) is 22.0 Å². The quantitative estimate of drug-likeness (QED) is 0.444. The van der Waals surface area contributed by atoms with Crippen LogP contribution >= 0.6 is 0 Å². The lowest BCUT2D eigenvalue weighted by molar-refractivity contribution is -0.437. The van der Waals surface area contributed by atoms with Crippen LogP contribution in [0.5, 0.6) is 0 Å². The van der Waals surface area contributed by atoms with Gasteiger partial charge >= 0.3 is 5.70 Å². The number of benzene rings is 1. The van der Waals surface area contributed by atoms with Crippen molar-refractivity contribution < 1.29 is 4.92 Å². The molecule has 8 heteroatoms. The van der Waals surface area contributed by atoms with Crippen LogP contribution in [0.4, 0.5) is 0 Å². The van der Waals surface area contributed by atoms with Crippen molar-refractivity contribution in [3.63, 3.8) is 0 Å². The molecule has 1 heterocycles. The summed E-state index contributed by atoms with van der Waals surface area (Å²) < 4.78 is 0. The Morgan fingerprint density at radius 3 is 2.62 bits per heavy atom. The van der Waals surface area contributed by atoms with Crippen LogP contribution in [0.1, 0.15) is 55.7 Å². The van der Waals surface area contributed by atoms with Gasteiger partial charge in [-0.05, 0) is 74.5 Å². The van der Waals surface area contributed by atoms with Gasteiger partial charge in [-0.1, -0.05) is 24.3 Å². The molecule has 1 aromatic rings. The first-order chi connectivity index (χ1) is 14.0. The van der Waals surface area contributed by atoms with Gasteiger partial charge in [0, 0.05) is 0 Å². The zero-order valence-electron chi connectivity index (χ0n) is 16.6. The van der Waals surface area contributed by atoms with Crippen molar-refractivity contribution in [2.24, 2.45) is 28.3 Å². The van der Waals surface area contributed by atoms with E-state index in [9.17, 15) is 10.1 Å². The summed E-state index contributed by atoms with van der Waals surface area (Å²) in [5.74, 6) is 1.41. The molecular weight excluding hydrogens is 368 g/mol. The smallest absolute Gasteiger partial charge is 0.301 e. The third-order valence-electron chi connectivity index (χ3n) is 6.64. The normalized spacial score (nSPS) is 32.8. The van der Waals surface area contributed by atoms with E-state index in [1.54, 1.807) is 0 Å². The van der Waals surface area contributed by atoms with Crippen molar-refractivity contribution in [2.45, 2.75) is 56.7 Å². The molecule has 1 saturated carbocycles. The van der Waals surface area contributed by atoms with Gasteiger partial charge in [0.05, 0.1) is 17.2 Å². The van der Waals surface area contributed by atoms with Crippen LogP contribution in [0.15, 0.2) is 41.2 Å². The van der Waals surface area contributed by atoms with Gasteiger partial charge in [-0.2, -0.15) is 0 Å². The van der Waals surface area contributed by atoms with Crippen molar-refractivity contribution in [2.75, 3.05) is 6.54 Å². The zero-order valence-corrected chi connectivity index (χ0v) is 16.6. The highest BCUT2D eigenvalue weighted by molar-refractivity contribution is 5.83. The van der Waals surface area contributed by atoms with Crippen molar-refractivity contribution >= 4 is 5.96 Å². The highest BCUT2D eigenvalue weighted by Crippen LogP contribution is 2.36. The highest BCUT2D eigenvalue weighted by Gasteiger charge is 2.45. The van der Waals surface area contributed by atoms with Gasteiger partial charge in [-0.15, -0.1) is 0 Å². The molecule has 29 heavy (non-hydrogen) atoms. The van der Waals surface area contributed by atoms with E-state index in [2.05, 4.69) is 22.8 Å². The van der Waals surface area contributed by atoms with E-state index in [-0.39, 0.29) is 11.7 Å². The molecule has 156 valence electrons. The number of nitro groups is 1. The summed E-state index contributed by atoms with van der Waals surface area (Å²) >= 11 is 0. The number of nitrogens with two attached hydrogens (primary N) is 2. The predicted molar refractivity (Wildman–Crippen MR) is 112 cm³/mol. The molecule has 8 nitrogen and oxygen atoms in total. The number of hydrogen-bond donors (Lipinski definition) is 4. The molecule has 4 rings (SSSR count). The highest BCUT2D eigenvalue weighted by atomic mass is 16.6. The minimum absolute atomic E-state index is 0.0378. The summed E-state index contributed by atoms with van der Waals surface area (Å²) in [5.41, 5.74) is 13.7. The minimum atomic E-state index is -1.23. The Morgan fingerprint density at radius 1 is 1.17 bits per heavy atom. The van der Waals surface area contributed by atoms with E-state index in [1.165, 1.54) is 17.3 Å². The van der Waals surface area contributed by atoms with Gasteiger partial charge < -0.3 is 16.4 Å². The van der Waals surface area contributed by atoms with E-state index in [1.807, 2.05) is 12.1 Å². The fourth-order valence-electron chi connectivity index (χ4n) is 4.97. The third-order valence-corrected chi connectivity index (χ3v) is 6.64. The average molecular weight is 399 g/mol. The Kier molecular flexibility index (Phi) is 5.56. The number of nitrogens with zero attached hydrogens (tertiary/aromatic N) is 2. The molecule has 0 spiro atoms. The summed E-state index contributed by atoms with van der Waals surface area (Å²) in [7, 11) is 0. The average Bonchev–Trinajstić information content (AvgIpc) is 3.11. The molecule has 1 fully saturated rings. The summed E-state index contributed by atoms with van der Waals surface area (Å²) in [5, 5.41) is 17.8. The molecule has 0 radical (unpaired) electrons. The Morgan fingerprint density at radius 2 is 1.90 bits per heavy atom. The molecule has 2 atom stereocenters. The van der Waals surface area contributed by atoms with Crippen LogP contribution in [0.2, 0.25) is 0 Å². The molecule has 0 bridgehead atoms. The molecular formula is C21H30N6O2. The van der Waals surface area contributed by atoms with Gasteiger partial charge in [0.25, 0.3) is 0 Å². The summed E-state index contributed by atoms with van der Waals surface area (Å²) in [6.07, 6.45) is 7.97. The van der Waals surface area contributed by atoms with E-state index in [0.717, 1.165) is 38.5 Å². The summed E-state index contributed by atoms with van der Waals surface area (Å²) in [4.78, 5) is 16.1. The predicted octanol–water partition coefficient (Wildman–Crippen LogP) is 2.15. The van der Waals surface area contributed by atoms with Crippen molar-refractivity contribution in [3.05, 3.63) is 57.4 Å². The van der Waals surface area contributed by atoms with Crippen molar-refractivity contribution in [1.29, 1.82) is 0 Å². The Hall–Kier alpha value is -2.45. The molecule has 1 aromatic carbocycles. The lowest BCUT2D eigenvalue weighted by atomic mass is 9.77. The standard InChI is InChI=1S/C21H30N6O2/c22-12-15-7-5-14(6-8-15)11-21(23)19(27(28)29)13-24-20(26-21)25-18-10-9-16-3-1-2-4-17(16)18/h1-4,13-15,18H,5-12,22-23H2,(H2,24,25,26)/t14?,15?,18-,21?/m1/s1. The zero-order chi connectivity index (χ0) is 20.4. The molecule has 2 aliphatic carbocycles. The number of hydrogen-bond acceptors (Lipinski definition) is 5. The van der Waals surface area contributed by atoms with Gasteiger partial charge in [0.2, 0.25) is 0 Å². The second-order valence-electron chi connectivity index (χ2n) is 8.58. The summed E-state index contributed by atoms with van der Waals surface area (Å²) in [6.45, 7) is 0.711. The van der Waals surface area contributed by atoms with E-state index in [0.29, 0.717) is 30.8 Å². The van der Waals surface area contributed by atoms with Crippen molar-refractivity contribution in [1.82, 2.24) is 10.6 Å². The van der Waals surface area contributed by atoms with Gasteiger partial charge in [0.1, 0.15) is 0 Å². The van der Waals surface area contributed by atoms with Gasteiger partial charge in [-0.3, -0.25) is 15.8 Å². The lowest BCUT2D eigenvalue weighted by Crippen LogP contribution is -2.64. The Labute approximate surface area is 171 Å². The second kappa shape index (κ2) is 8.12. The molecule has 3 aliphatic rings. The van der Waals surface area contributed by atoms with Crippen molar-refractivity contribution in [3.8, 4) is 0 Å². The van der Waals surface area contributed by atoms with E-state index < -0.39 is 10.6 Å². The van der Waals surface area contributed by atoms with Crippen LogP contribution < -0.4 is 22.1 Å². The van der Waals surface area contributed by atoms with Crippen LogP contribution in [0.25, 0.3) is 0 Å². The fourth-order valence-corrected chi connectivity index (χ4v) is 4.97. The maximum atomic E-state index is 11.6. The first-order valence-corrected chi connectivity index (χ1v) is 10.5. The number of rotatable bonds is 5. The summed E-state index contributed by atoms with van der Waals surface area (Å²) in [6, 6.07) is 8.34.